The van der Waals surface area contributed by atoms with Gasteiger partial charge in [0.2, 0.25) is 35.4 Å². The van der Waals surface area contributed by atoms with Gasteiger partial charge in [-0.1, -0.05) is 51.1 Å². The Labute approximate surface area is 324 Å². The van der Waals surface area contributed by atoms with Crippen LogP contribution in [0.15, 0.2) is 35.7 Å². The van der Waals surface area contributed by atoms with E-state index in [0.29, 0.717) is 36.6 Å². The van der Waals surface area contributed by atoms with Crippen molar-refractivity contribution in [3.63, 3.8) is 0 Å². The van der Waals surface area contributed by atoms with Gasteiger partial charge in [-0.05, 0) is 56.1 Å². The van der Waals surface area contributed by atoms with E-state index in [1.54, 1.807) is 12.3 Å². The summed E-state index contributed by atoms with van der Waals surface area (Å²) in [6.45, 7) is 6.76. The molecule has 5 N–H and O–H groups in total. The molecule has 1 aromatic heterocycles. The number of nitrogens with zero attached hydrogens (tertiary/aromatic N) is 3. The minimum Gasteiger partial charge on any atom is -0.349 e. The van der Waals surface area contributed by atoms with Crippen LogP contribution in [0.1, 0.15) is 80.5 Å². The first-order valence-electron chi connectivity index (χ1n) is 18.3. The maximum atomic E-state index is 14.1. The monoisotopic (exact) mass is 784 g/mol. The molecule has 294 valence electrons. The van der Waals surface area contributed by atoms with E-state index < -0.39 is 65.7 Å². The Bertz CT molecular complexity index is 1660. The SMILES string of the molecule is CC[C@@H]1NC(=O)[C@@H](C)NC(=O)c2csc(n2)[C@H](C(C)C)NC(=O)CN(C(=O)CN2CCCC2=O)C[C@H](Cc2ccccc2)NC(=O)[C@H](CCSC)NC1=O. The van der Waals surface area contributed by atoms with Crippen molar-refractivity contribution in [2.45, 2.75) is 90.0 Å². The molecule has 0 unspecified atom stereocenters. The molecule has 2 aliphatic rings. The van der Waals surface area contributed by atoms with Gasteiger partial charge in [-0.3, -0.25) is 33.6 Å². The number of carbonyl (C=O) groups is 7. The molecule has 0 aliphatic carbocycles. The molecule has 2 aliphatic heterocycles. The van der Waals surface area contributed by atoms with Crippen LogP contribution in [-0.2, 0) is 35.2 Å². The zero-order valence-corrected chi connectivity index (χ0v) is 33.1. The molecule has 3 heterocycles. The maximum absolute atomic E-state index is 14.1. The van der Waals surface area contributed by atoms with Gasteiger partial charge in [0.15, 0.2) is 0 Å². The summed E-state index contributed by atoms with van der Waals surface area (Å²) in [7, 11) is 0. The first-order valence-corrected chi connectivity index (χ1v) is 20.6. The molecule has 1 fully saturated rings. The molecule has 54 heavy (non-hydrogen) atoms. The summed E-state index contributed by atoms with van der Waals surface area (Å²) < 4.78 is 0. The fraction of sp³-hybridized carbons (Fsp3) is 0.568. The molecular weight excluding hydrogens is 733 g/mol. The Balaban J connectivity index is 1.73. The number of thiazole rings is 1. The topological polar surface area (TPSA) is 199 Å². The van der Waals surface area contributed by atoms with Crippen molar-refractivity contribution in [2.24, 2.45) is 5.92 Å². The van der Waals surface area contributed by atoms with Gasteiger partial charge < -0.3 is 36.4 Å². The van der Waals surface area contributed by atoms with E-state index in [-0.39, 0.29) is 50.0 Å². The molecule has 5 atom stereocenters. The predicted octanol–water partition coefficient (Wildman–Crippen LogP) is 1.40. The van der Waals surface area contributed by atoms with Crippen molar-refractivity contribution in [3.8, 4) is 0 Å². The van der Waals surface area contributed by atoms with Gasteiger partial charge >= 0.3 is 0 Å². The number of likely N-dealkylation sites (tertiary alicyclic amines) is 1. The average molecular weight is 785 g/mol. The second-order valence-corrected chi connectivity index (χ2v) is 15.8. The molecule has 0 radical (unpaired) electrons. The number of rotatable bonds is 9. The molecule has 15 nitrogen and oxygen atoms in total. The first-order chi connectivity index (χ1) is 25.8. The number of carbonyl (C=O) groups excluding carboxylic acids is 7. The highest BCUT2D eigenvalue weighted by molar-refractivity contribution is 7.98. The lowest BCUT2D eigenvalue weighted by Crippen LogP contribution is -2.58. The third-order valence-corrected chi connectivity index (χ3v) is 10.9. The van der Waals surface area contributed by atoms with Gasteiger partial charge in [-0.15, -0.1) is 11.3 Å². The maximum Gasteiger partial charge on any atom is 0.271 e. The van der Waals surface area contributed by atoms with Crippen molar-refractivity contribution >= 4 is 64.4 Å². The largest absolute Gasteiger partial charge is 0.349 e. The number of fused-ring (bicyclic) bond motifs is 2. The van der Waals surface area contributed by atoms with E-state index in [0.717, 1.165) is 5.56 Å². The van der Waals surface area contributed by atoms with Crippen LogP contribution in [0, 0.1) is 5.92 Å². The normalized spacial score (nSPS) is 23.9. The van der Waals surface area contributed by atoms with E-state index in [1.807, 2.05) is 50.4 Å². The Hall–Kier alpha value is -4.51. The van der Waals surface area contributed by atoms with E-state index in [2.05, 4.69) is 31.6 Å². The zero-order chi connectivity index (χ0) is 39.4. The van der Waals surface area contributed by atoms with E-state index in [4.69, 9.17) is 0 Å². The van der Waals surface area contributed by atoms with Gasteiger partial charge in [0, 0.05) is 24.9 Å². The highest BCUT2D eigenvalue weighted by Gasteiger charge is 2.33. The number of thioether (sulfide) groups is 1. The molecule has 4 rings (SSSR count). The molecular formula is C37H52N8O7S2. The fourth-order valence-electron chi connectivity index (χ4n) is 6.22. The number of hydrogen-bond donors (Lipinski definition) is 5. The summed E-state index contributed by atoms with van der Waals surface area (Å²) in [5.41, 5.74) is 0.928. The van der Waals surface area contributed by atoms with Crippen molar-refractivity contribution in [2.75, 3.05) is 38.2 Å². The molecule has 7 amide bonds. The highest BCUT2D eigenvalue weighted by atomic mass is 32.2. The van der Waals surface area contributed by atoms with Crippen LogP contribution >= 0.6 is 23.1 Å². The van der Waals surface area contributed by atoms with Crippen LogP contribution in [0.3, 0.4) is 0 Å². The van der Waals surface area contributed by atoms with Gasteiger partial charge in [-0.2, -0.15) is 11.8 Å². The molecule has 2 bridgehead atoms. The molecule has 1 aromatic carbocycles. The summed E-state index contributed by atoms with van der Waals surface area (Å²) in [6, 6.07) is 5.07. The van der Waals surface area contributed by atoms with E-state index in [1.165, 1.54) is 39.8 Å². The number of nitrogens with one attached hydrogen (secondary N) is 5. The molecule has 17 heteroatoms. The van der Waals surface area contributed by atoms with Crippen LogP contribution in [0.2, 0.25) is 0 Å². The number of benzene rings is 1. The minimum absolute atomic E-state index is 0.0577. The van der Waals surface area contributed by atoms with Gasteiger partial charge in [0.1, 0.15) is 28.8 Å². The lowest BCUT2D eigenvalue weighted by Gasteiger charge is -2.31. The quantitative estimate of drug-likeness (QED) is 0.250. The summed E-state index contributed by atoms with van der Waals surface area (Å²) in [6.07, 6.45) is 3.65. The first kappa shape index (κ1) is 42.2. The summed E-state index contributed by atoms with van der Waals surface area (Å²) in [5.74, 6) is -2.96. The summed E-state index contributed by atoms with van der Waals surface area (Å²) in [4.78, 5) is 102. The van der Waals surface area contributed by atoms with Crippen LogP contribution in [0.5, 0.6) is 0 Å². The number of aromatic nitrogens is 1. The van der Waals surface area contributed by atoms with E-state index >= 15 is 0 Å². The summed E-state index contributed by atoms with van der Waals surface area (Å²) >= 11 is 2.67. The van der Waals surface area contributed by atoms with E-state index in [9.17, 15) is 33.6 Å². The van der Waals surface area contributed by atoms with Crippen LogP contribution in [-0.4, -0.2) is 118 Å². The standard InChI is InChI=1S/C37H52N8O7S2/c1-6-26-34(50)41-27(14-16-53-5)35(51)39-25(17-24-11-8-7-9-12-24)18-45(31(48)20-44-15-10-13-30(44)47)19-29(46)43-32(22(2)3)37-42-28(21-54-37)36(52)38-23(4)33(49)40-26/h7-9,11-12,21-23,25-27,32H,6,10,13-20H2,1-5H3,(H,38,52)(H,39,51)(H,40,49)(H,41,50)(H,43,46)/t23-,25+,26+,27+,32+/m1/s1. The minimum atomic E-state index is -1.02. The third kappa shape index (κ3) is 12.0. The van der Waals surface area contributed by atoms with Crippen LogP contribution < -0.4 is 26.6 Å². The van der Waals surface area contributed by atoms with Gasteiger partial charge in [0.25, 0.3) is 5.91 Å². The van der Waals surface area contributed by atoms with Gasteiger partial charge in [0.05, 0.1) is 25.2 Å². The third-order valence-electron chi connectivity index (χ3n) is 9.33. The Morgan fingerprint density at radius 1 is 0.963 bits per heavy atom. The average Bonchev–Trinajstić information content (AvgIpc) is 3.79. The van der Waals surface area contributed by atoms with Crippen LogP contribution in [0.25, 0.3) is 0 Å². The predicted molar refractivity (Wildman–Crippen MR) is 206 cm³/mol. The second kappa shape index (κ2) is 20.2. The molecule has 1 saturated heterocycles. The van der Waals surface area contributed by atoms with Crippen molar-refractivity contribution in [1.29, 1.82) is 0 Å². The van der Waals surface area contributed by atoms with Crippen molar-refractivity contribution in [1.82, 2.24) is 41.4 Å². The summed E-state index contributed by atoms with van der Waals surface area (Å²) in [5, 5.41) is 16.1. The number of amides is 7. The Morgan fingerprint density at radius 3 is 2.31 bits per heavy atom. The molecule has 2 aromatic rings. The lowest BCUT2D eigenvalue weighted by molar-refractivity contribution is -0.141. The lowest BCUT2D eigenvalue weighted by atomic mass is 10.0. The highest BCUT2D eigenvalue weighted by Crippen LogP contribution is 2.25. The Kier molecular flexibility index (Phi) is 15.8. The van der Waals surface area contributed by atoms with Crippen LogP contribution in [0.4, 0.5) is 0 Å². The van der Waals surface area contributed by atoms with Crippen molar-refractivity contribution < 1.29 is 33.6 Å². The Morgan fingerprint density at radius 2 is 1.67 bits per heavy atom. The molecule has 0 spiro atoms. The zero-order valence-electron chi connectivity index (χ0n) is 31.5. The number of hydrogen-bond acceptors (Lipinski definition) is 10. The molecule has 0 saturated carbocycles. The van der Waals surface area contributed by atoms with Crippen molar-refractivity contribution in [3.05, 3.63) is 52.0 Å². The smallest absolute Gasteiger partial charge is 0.271 e. The fourth-order valence-corrected chi connectivity index (χ4v) is 7.71. The van der Waals surface area contributed by atoms with Gasteiger partial charge in [-0.25, -0.2) is 4.98 Å². The second-order valence-electron chi connectivity index (χ2n) is 14.0.